The number of hydrogen-bond donors (Lipinski definition) is 2. The summed E-state index contributed by atoms with van der Waals surface area (Å²) < 4.78 is 5.64. The molecular weight excluding hydrogens is 521 g/mol. The van der Waals surface area contributed by atoms with Gasteiger partial charge in [-0.1, -0.05) is 47.5 Å². The molecule has 36 heavy (non-hydrogen) atoms. The fraction of sp³-hybridized carbons (Fsp3) is 0. The molecule has 0 aliphatic carbocycles. The number of fused-ring (bicyclic) bond motifs is 1. The molecule has 4 aromatic rings. The van der Waals surface area contributed by atoms with Crippen LogP contribution < -0.4 is 15.5 Å². The Labute approximate surface area is 220 Å². The van der Waals surface area contributed by atoms with E-state index in [1.807, 2.05) is 0 Å². The highest BCUT2D eigenvalue weighted by Crippen LogP contribution is 2.33. The summed E-state index contributed by atoms with van der Waals surface area (Å²) in [6, 6.07) is 21.4. The summed E-state index contributed by atoms with van der Waals surface area (Å²) >= 11 is 17.5. The molecule has 7 nitrogen and oxygen atoms in total. The number of halogens is 2. The highest BCUT2D eigenvalue weighted by Gasteiger charge is 2.38. The van der Waals surface area contributed by atoms with E-state index in [9.17, 15) is 14.4 Å². The van der Waals surface area contributed by atoms with E-state index in [-0.39, 0.29) is 22.0 Å². The number of carbonyl (C=O) groups excluding carboxylic acids is 3. The summed E-state index contributed by atoms with van der Waals surface area (Å²) in [5.41, 5.74) is 1.69. The molecule has 0 saturated heterocycles. The van der Waals surface area contributed by atoms with Gasteiger partial charge in [-0.15, -0.1) is 0 Å². The van der Waals surface area contributed by atoms with Crippen molar-refractivity contribution in [1.82, 2.24) is 5.32 Å². The number of amides is 3. The maximum Gasteiger partial charge on any atom is 0.293 e. The van der Waals surface area contributed by atoms with Crippen molar-refractivity contribution < 1.29 is 18.8 Å². The van der Waals surface area contributed by atoms with Crippen LogP contribution in [0.25, 0.3) is 11.3 Å². The number of nitrogens with zero attached hydrogens (tertiary/aromatic N) is 1. The summed E-state index contributed by atoms with van der Waals surface area (Å²) in [4.78, 5) is 39.9. The van der Waals surface area contributed by atoms with Crippen molar-refractivity contribution in [3.05, 3.63) is 106 Å². The van der Waals surface area contributed by atoms with E-state index in [2.05, 4.69) is 10.6 Å². The van der Waals surface area contributed by atoms with Crippen molar-refractivity contribution in [2.75, 3.05) is 10.2 Å². The number of hydrogen-bond acceptors (Lipinski definition) is 5. The maximum absolute atomic E-state index is 13.1. The fourth-order valence-electron chi connectivity index (χ4n) is 3.81. The monoisotopic (exact) mass is 535 g/mol. The fourth-order valence-corrected chi connectivity index (χ4v) is 4.40. The summed E-state index contributed by atoms with van der Waals surface area (Å²) in [7, 11) is 0. The van der Waals surface area contributed by atoms with Crippen molar-refractivity contribution in [3.8, 4) is 11.3 Å². The molecule has 178 valence electrons. The molecule has 1 aliphatic heterocycles. The molecule has 5 rings (SSSR count). The zero-order valence-electron chi connectivity index (χ0n) is 18.2. The van der Waals surface area contributed by atoms with Crippen LogP contribution in [0.4, 0.5) is 11.4 Å². The highest BCUT2D eigenvalue weighted by atomic mass is 35.5. The van der Waals surface area contributed by atoms with Crippen molar-refractivity contribution in [2.45, 2.75) is 0 Å². The van der Waals surface area contributed by atoms with Gasteiger partial charge in [-0.3, -0.25) is 19.7 Å². The normalized spacial score (nSPS) is 12.4. The minimum Gasteiger partial charge on any atom is -0.451 e. The molecule has 1 aromatic heterocycles. The third-order valence-electron chi connectivity index (χ3n) is 5.43. The number of furan rings is 1. The van der Waals surface area contributed by atoms with Gasteiger partial charge in [0.1, 0.15) is 5.76 Å². The van der Waals surface area contributed by atoms with Crippen molar-refractivity contribution in [1.29, 1.82) is 0 Å². The third-order valence-corrected chi connectivity index (χ3v) is 6.20. The van der Waals surface area contributed by atoms with E-state index in [0.29, 0.717) is 32.7 Å². The Morgan fingerprint density at radius 1 is 0.861 bits per heavy atom. The number of imide groups is 1. The standard InChI is InChI=1S/C26H15Cl2N3O4S/c27-14-9-10-18(28)17(13-14)20-11-12-21(35-20)23(32)30-26(36)29-19-8-4-7-16-22(19)25(34)31(24(16)33)15-5-2-1-3-6-15/h1-13H,(H2,29,30,32,36). The second-order valence-electron chi connectivity index (χ2n) is 7.71. The number of anilines is 2. The Hall–Kier alpha value is -3.98. The number of para-hydroxylation sites is 1. The lowest BCUT2D eigenvalue weighted by molar-refractivity contribution is 0.0922. The van der Waals surface area contributed by atoms with Crippen LogP contribution in [0.5, 0.6) is 0 Å². The van der Waals surface area contributed by atoms with Gasteiger partial charge in [0.05, 0.1) is 27.5 Å². The smallest absolute Gasteiger partial charge is 0.293 e. The van der Waals surface area contributed by atoms with Crippen molar-refractivity contribution >= 4 is 69.6 Å². The van der Waals surface area contributed by atoms with Crippen LogP contribution in [0.15, 0.2) is 83.3 Å². The van der Waals surface area contributed by atoms with Crippen LogP contribution in [0, 0.1) is 0 Å². The van der Waals surface area contributed by atoms with E-state index in [1.165, 1.54) is 6.07 Å². The number of thiocarbonyl (C=S) groups is 1. The van der Waals surface area contributed by atoms with Crippen LogP contribution in [-0.4, -0.2) is 22.8 Å². The summed E-state index contributed by atoms with van der Waals surface area (Å²) in [5, 5.41) is 6.16. The number of carbonyl (C=O) groups is 3. The predicted molar refractivity (Wildman–Crippen MR) is 142 cm³/mol. The van der Waals surface area contributed by atoms with Crippen LogP contribution in [0.1, 0.15) is 31.3 Å². The van der Waals surface area contributed by atoms with Crippen LogP contribution in [0.3, 0.4) is 0 Å². The lowest BCUT2D eigenvalue weighted by Gasteiger charge is -2.14. The number of benzene rings is 3. The van der Waals surface area contributed by atoms with E-state index < -0.39 is 17.7 Å². The van der Waals surface area contributed by atoms with E-state index in [1.54, 1.807) is 72.8 Å². The maximum atomic E-state index is 13.1. The quantitative estimate of drug-likeness (QED) is 0.239. The molecule has 0 radical (unpaired) electrons. The summed E-state index contributed by atoms with van der Waals surface area (Å²) in [5.74, 6) is -1.20. The van der Waals surface area contributed by atoms with Gasteiger partial charge in [0.25, 0.3) is 17.7 Å². The Bertz CT molecular complexity index is 1550. The molecule has 0 atom stereocenters. The van der Waals surface area contributed by atoms with Gasteiger partial charge in [0.2, 0.25) is 0 Å². The first-order valence-electron chi connectivity index (χ1n) is 10.6. The summed E-state index contributed by atoms with van der Waals surface area (Å²) in [6.07, 6.45) is 0. The first kappa shape index (κ1) is 23.7. The first-order chi connectivity index (χ1) is 17.3. The van der Waals surface area contributed by atoms with Gasteiger partial charge in [-0.25, -0.2) is 4.90 Å². The summed E-state index contributed by atoms with van der Waals surface area (Å²) in [6.45, 7) is 0. The van der Waals surface area contributed by atoms with Gasteiger partial charge >= 0.3 is 0 Å². The van der Waals surface area contributed by atoms with Gasteiger partial charge in [0.15, 0.2) is 10.9 Å². The molecule has 10 heteroatoms. The number of rotatable bonds is 4. The van der Waals surface area contributed by atoms with Gasteiger partial charge in [0, 0.05) is 10.6 Å². The molecule has 0 fully saturated rings. The molecule has 2 heterocycles. The van der Waals surface area contributed by atoms with Gasteiger partial charge in [-0.2, -0.15) is 0 Å². The van der Waals surface area contributed by atoms with Gasteiger partial charge in [-0.05, 0) is 66.8 Å². The molecule has 0 unspecified atom stereocenters. The Balaban J connectivity index is 1.33. The SMILES string of the molecule is O=C(NC(=S)Nc1cccc2c1C(=O)N(c1ccccc1)C2=O)c1ccc(-c2cc(Cl)ccc2Cl)o1. The van der Waals surface area contributed by atoms with Crippen molar-refractivity contribution in [2.24, 2.45) is 0 Å². The Kier molecular flexibility index (Phi) is 6.32. The second-order valence-corrected chi connectivity index (χ2v) is 8.96. The van der Waals surface area contributed by atoms with Crippen LogP contribution >= 0.6 is 35.4 Å². The average Bonchev–Trinajstić information content (AvgIpc) is 3.45. The second kappa shape index (κ2) is 9.58. The van der Waals surface area contributed by atoms with Crippen LogP contribution in [0.2, 0.25) is 10.0 Å². The Morgan fingerprint density at radius 3 is 2.42 bits per heavy atom. The molecule has 3 amide bonds. The van der Waals surface area contributed by atoms with Gasteiger partial charge < -0.3 is 9.73 Å². The predicted octanol–water partition coefficient (Wildman–Crippen LogP) is 6.18. The molecular formula is C26H15Cl2N3O4S. The Morgan fingerprint density at radius 2 is 1.64 bits per heavy atom. The van der Waals surface area contributed by atoms with Crippen molar-refractivity contribution in [3.63, 3.8) is 0 Å². The van der Waals surface area contributed by atoms with E-state index in [0.717, 1.165) is 4.90 Å². The van der Waals surface area contributed by atoms with E-state index >= 15 is 0 Å². The lowest BCUT2D eigenvalue weighted by Crippen LogP contribution is -2.34. The zero-order valence-corrected chi connectivity index (χ0v) is 20.6. The number of nitrogens with one attached hydrogen (secondary N) is 2. The third kappa shape index (κ3) is 4.37. The first-order valence-corrected chi connectivity index (χ1v) is 11.7. The molecule has 1 aliphatic rings. The molecule has 2 N–H and O–H groups in total. The van der Waals surface area contributed by atoms with E-state index in [4.69, 9.17) is 39.8 Å². The average molecular weight is 536 g/mol. The highest BCUT2D eigenvalue weighted by molar-refractivity contribution is 7.80. The largest absolute Gasteiger partial charge is 0.451 e. The molecule has 0 saturated carbocycles. The lowest BCUT2D eigenvalue weighted by atomic mass is 10.1. The molecule has 0 spiro atoms. The topological polar surface area (TPSA) is 91.7 Å². The molecule has 3 aromatic carbocycles. The minimum absolute atomic E-state index is 0.00927. The zero-order chi connectivity index (χ0) is 25.4. The molecule has 0 bridgehead atoms. The minimum atomic E-state index is -0.613. The van der Waals surface area contributed by atoms with Crippen LogP contribution in [-0.2, 0) is 0 Å².